The lowest BCUT2D eigenvalue weighted by atomic mass is 9.98. The van der Waals surface area contributed by atoms with Gasteiger partial charge in [-0.2, -0.15) is 15.0 Å². The van der Waals surface area contributed by atoms with E-state index in [0.717, 1.165) is 49.2 Å². The highest BCUT2D eigenvalue weighted by molar-refractivity contribution is 14.1. The molecule has 0 aliphatic rings. The molecule has 0 amide bonds. The normalized spacial score (nSPS) is 12.4. The minimum absolute atomic E-state index is 0.475. The summed E-state index contributed by atoms with van der Waals surface area (Å²) in [4.78, 5) is 19.8. The fourth-order valence-electron chi connectivity index (χ4n) is 5.59. The van der Waals surface area contributed by atoms with E-state index in [0.29, 0.717) is 29.6 Å². The lowest BCUT2D eigenvalue weighted by molar-refractivity contribution is 0.733. The maximum absolute atomic E-state index is 5.27. The average Bonchev–Trinajstić information content (AvgIpc) is 3.13. The van der Waals surface area contributed by atoms with Crippen LogP contribution in [0.5, 0.6) is 0 Å². The molecule has 0 saturated heterocycles. The maximum atomic E-state index is 5.27. The largest absolute Gasteiger partial charge is 0.279 e. The average molecular weight is 809 g/mol. The molecule has 1 aromatic heterocycles. The van der Waals surface area contributed by atoms with E-state index in [1.54, 1.807) is 0 Å². The number of rotatable bonds is 11. The molecule has 48 heavy (non-hydrogen) atoms. The van der Waals surface area contributed by atoms with Crippen LogP contribution in [0.25, 0.3) is 11.4 Å². The Labute approximate surface area is 306 Å². The van der Waals surface area contributed by atoms with Gasteiger partial charge in [-0.15, -0.1) is 0 Å². The van der Waals surface area contributed by atoms with Gasteiger partial charge in [0.2, 0.25) is 11.9 Å². The summed E-state index contributed by atoms with van der Waals surface area (Å²) in [5, 5.41) is 0. The first-order chi connectivity index (χ1) is 23.3. The van der Waals surface area contributed by atoms with Crippen molar-refractivity contribution in [1.82, 2.24) is 15.0 Å². The summed E-state index contributed by atoms with van der Waals surface area (Å²) in [7, 11) is 0. The molecule has 0 aliphatic carbocycles. The van der Waals surface area contributed by atoms with Crippen molar-refractivity contribution in [3.05, 3.63) is 147 Å². The van der Waals surface area contributed by atoms with Crippen molar-refractivity contribution in [2.24, 2.45) is 0 Å². The molecule has 0 aliphatic heterocycles. The van der Waals surface area contributed by atoms with Gasteiger partial charge in [0.25, 0.3) is 0 Å². The van der Waals surface area contributed by atoms with Gasteiger partial charge in [0.05, 0.1) is 0 Å². The molecular weight excluding hydrogens is 769 g/mol. The summed E-state index contributed by atoms with van der Waals surface area (Å²) < 4.78 is 2.16. The van der Waals surface area contributed by atoms with E-state index in [1.807, 2.05) is 42.5 Å². The Morgan fingerprint density at radius 3 is 1.35 bits per heavy atom. The molecule has 7 heteroatoms. The third-order valence-electron chi connectivity index (χ3n) is 8.88. The summed E-state index contributed by atoms with van der Waals surface area (Å²) >= 11 is 5.97. The van der Waals surface area contributed by atoms with E-state index in [4.69, 9.17) is 15.0 Å². The van der Waals surface area contributed by atoms with Crippen LogP contribution in [-0.4, -0.2) is 15.0 Å². The van der Waals surface area contributed by atoms with Crippen molar-refractivity contribution >= 4 is 73.2 Å². The highest BCUT2D eigenvalue weighted by atomic mass is 127. The van der Waals surface area contributed by atoms with Gasteiger partial charge in [-0.05, 0) is 131 Å². The molecule has 0 N–H and O–H groups in total. The van der Waals surface area contributed by atoms with Crippen LogP contribution in [0.1, 0.15) is 63.5 Å². The first-order valence-electron chi connectivity index (χ1n) is 16.5. The monoisotopic (exact) mass is 807 g/mol. The molecule has 0 fully saturated rings. The minimum Gasteiger partial charge on any atom is -0.279 e. The quantitative estimate of drug-likeness (QED) is 0.122. The Bertz CT molecular complexity index is 1810. The highest BCUT2D eigenvalue weighted by Crippen LogP contribution is 2.39. The molecule has 6 aromatic rings. The van der Waals surface area contributed by atoms with E-state index in [-0.39, 0.29) is 0 Å². The van der Waals surface area contributed by atoms with E-state index in [1.165, 1.54) is 11.1 Å². The van der Waals surface area contributed by atoms with Gasteiger partial charge in [-0.25, -0.2) is 0 Å². The number of benzene rings is 5. The van der Waals surface area contributed by atoms with Crippen LogP contribution in [0.3, 0.4) is 0 Å². The molecular formula is C41H39BrIN5. The molecule has 0 spiro atoms. The van der Waals surface area contributed by atoms with Gasteiger partial charge in [-0.1, -0.05) is 98.2 Å². The predicted octanol–water partition coefficient (Wildman–Crippen LogP) is 12.9. The summed E-state index contributed by atoms with van der Waals surface area (Å²) in [6, 6.07) is 44.4. The molecule has 242 valence electrons. The minimum atomic E-state index is 0.475. The second-order valence-corrected chi connectivity index (χ2v) is 14.2. The topological polar surface area (TPSA) is 45.2 Å². The smallest absolute Gasteiger partial charge is 0.240 e. The molecule has 0 radical (unpaired) electrons. The summed E-state index contributed by atoms with van der Waals surface area (Å²) in [6.07, 6.45) is 2.17. The second-order valence-electron chi connectivity index (χ2n) is 12.1. The predicted molar refractivity (Wildman–Crippen MR) is 212 cm³/mol. The molecule has 0 bridgehead atoms. The number of hydrogen-bond donors (Lipinski definition) is 0. The van der Waals surface area contributed by atoms with Gasteiger partial charge < -0.3 is 0 Å². The fourth-order valence-corrected chi connectivity index (χ4v) is 6.21. The molecule has 5 nitrogen and oxygen atoms in total. The number of anilines is 6. The van der Waals surface area contributed by atoms with Crippen LogP contribution in [-0.2, 0) is 0 Å². The highest BCUT2D eigenvalue weighted by Gasteiger charge is 2.23. The molecule has 0 saturated carbocycles. The van der Waals surface area contributed by atoms with Crippen molar-refractivity contribution < 1.29 is 0 Å². The van der Waals surface area contributed by atoms with Gasteiger partial charge in [0.15, 0.2) is 5.82 Å². The van der Waals surface area contributed by atoms with Crippen molar-refractivity contribution in [2.45, 2.75) is 52.4 Å². The number of nitrogens with zero attached hydrogens (tertiary/aromatic N) is 5. The van der Waals surface area contributed by atoms with Crippen LogP contribution in [0, 0.1) is 3.57 Å². The van der Waals surface area contributed by atoms with Gasteiger partial charge in [0.1, 0.15) is 0 Å². The standard InChI is InChI=1S/C41H39BrIN5/c1-5-28(3)30-12-20-35(21-13-30)47(37-24-16-33(42)17-25-37)40-44-39(32-10-8-7-9-11-32)45-41(46-40)48(38-26-18-34(43)19-27-38)36-22-14-31(15-23-36)29(4)6-2/h7-29H,5-6H2,1-4H3. The first-order valence-corrected chi connectivity index (χ1v) is 18.3. The Balaban J connectivity index is 1.58. The van der Waals surface area contributed by atoms with E-state index in [2.05, 4.69) is 161 Å². The fraction of sp³-hybridized carbons (Fsp3) is 0.195. The van der Waals surface area contributed by atoms with E-state index in [9.17, 15) is 0 Å². The van der Waals surface area contributed by atoms with Gasteiger partial charge in [-0.3, -0.25) is 9.80 Å². The second kappa shape index (κ2) is 15.4. The third kappa shape index (κ3) is 7.63. The van der Waals surface area contributed by atoms with Crippen LogP contribution < -0.4 is 9.80 Å². The third-order valence-corrected chi connectivity index (χ3v) is 10.1. The van der Waals surface area contributed by atoms with Gasteiger partial charge in [0, 0.05) is 36.4 Å². The van der Waals surface area contributed by atoms with Crippen LogP contribution in [0.2, 0.25) is 0 Å². The molecule has 6 rings (SSSR count). The van der Waals surface area contributed by atoms with Crippen LogP contribution >= 0.6 is 38.5 Å². The Hall–Kier alpha value is -4.08. The number of aromatic nitrogens is 3. The number of hydrogen-bond acceptors (Lipinski definition) is 5. The lowest BCUT2D eigenvalue weighted by Crippen LogP contribution is -2.19. The van der Waals surface area contributed by atoms with Crippen molar-refractivity contribution in [3.63, 3.8) is 0 Å². The zero-order valence-corrected chi connectivity index (χ0v) is 31.4. The Morgan fingerprint density at radius 1 is 0.542 bits per heavy atom. The molecule has 1 heterocycles. The zero-order valence-electron chi connectivity index (χ0n) is 27.7. The zero-order chi connectivity index (χ0) is 33.6. The SMILES string of the molecule is CCC(C)c1ccc(N(c2ccc(Br)cc2)c2nc(-c3ccccc3)nc(N(c3ccc(I)cc3)c3ccc(C(C)CC)cc3)n2)cc1. The Morgan fingerprint density at radius 2 is 0.938 bits per heavy atom. The molecule has 5 aromatic carbocycles. The van der Waals surface area contributed by atoms with E-state index >= 15 is 0 Å². The number of halogens is 2. The van der Waals surface area contributed by atoms with Crippen molar-refractivity contribution in [3.8, 4) is 11.4 Å². The maximum Gasteiger partial charge on any atom is 0.240 e. The van der Waals surface area contributed by atoms with Crippen molar-refractivity contribution in [2.75, 3.05) is 9.80 Å². The first kappa shape index (κ1) is 33.8. The van der Waals surface area contributed by atoms with Crippen molar-refractivity contribution in [1.29, 1.82) is 0 Å². The van der Waals surface area contributed by atoms with E-state index < -0.39 is 0 Å². The summed E-state index contributed by atoms with van der Waals surface area (Å²) in [5.41, 5.74) is 7.41. The lowest BCUT2D eigenvalue weighted by Gasteiger charge is -2.28. The molecule has 2 atom stereocenters. The van der Waals surface area contributed by atoms with Crippen LogP contribution in [0.15, 0.2) is 132 Å². The molecule has 2 unspecified atom stereocenters. The van der Waals surface area contributed by atoms with Crippen LogP contribution in [0.4, 0.5) is 34.6 Å². The summed E-state index contributed by atoms with van der Waals surface area (Å²) in [5.74, 6) is 2.62. The Kier molecular flexibility index (Phi) is 10.9. The summed E-state index contributed by atoms with van der Waals surface area (Å²) in [6.45, 7) is 8.98. The van der Waals surface area contributed by atoms with Gasteiger partial charge >= 0.3 is 0 Å².